The first kappa shape index (κ1) is 17.3. The lowest BCUT2D eigenvalue weighted by atomic mass is 10.2. The Morgan fingerprint density at radius 3 is 2.58 bits per heavy atom. The minimum absolute atomic E-state index is 0.0931. The topological polar surface area (TPSA) is 94.1 Å². The van der Waals surface area contributed by atoms with Gasteiger partial charge in [-0.3, -0.25) is 4.57 Å². The molecule has 0 fully saturated rings. The van der Waals surface area contributed by atoms with Crippen LogP contribution in [-0.4, -0.2) is 29.1 Å². The minimum atomic E-state index is -3.70. The van der Waals surface area contributed by atoms with Crippen LogP contribution in [0.2, 0.25) is 5.02 Å². The molecule has 0 aliphatic carbocycles. The van der Waals surface area contributed by atoms with Gasteiger partial charge in [0, 0.05) is 16.3 Å². The number of thioether (sulfide) groups is 1. The third-order valence-electron chi connectivity index (χ3n) is 3.99. The summed E-state index contributed by atoms with van der Waals surface area (Å²) in [6.07, 6.45) is 0. The van der Waals surface area contributed by atoms with Crippen molar-refractivity contribution in [2.45, 2.75) is 16.7 Å². The molecule has 0 bridgehead atoms. The number of rotatable bonds is 3. The maximum atomic E-state index is 11.4. The predicted octanol–water partition coefficient (Wildman–Crippen LogP) is 2.77. The van der Waals surface area contributed by atoms with Gasteiger partial charge in [0.25, 0.3) is 0 Å². The van der Waals surface area contributed by atoms with Crippen LogP contribution in [0.3, 0.4) is 0 Å². The van der Waals surface area contributed by atoms with Crippen molar-refractivity contribution in [3.05, 3.63) is 53.6 Å². The van der Waals surface area contributed by atoms with Gasteiger partial charge in [0.1, 0.15) is 0 Å². The van der Waals surface area contributed by atoms with Crippen LogP contribution in [0.5, 0.6) is 0 Å². The standard InChI is InChI=1S/C16H14ClN5O2S2/c17-12-3-1-2-11(8-12)15-19-20-16-22(15)9-21(10-25-16)13-4-6-14(7-5-13)26(18,23)24/h1-8H,9-10H2,(H2,18,23,24). The summed E-state index contributed by atoms with van der Waals surface area (Å²) in [5.74, 6) is 1.42. The summed E-state index contributed by atoms with van der Waals surface area (Å²) < 4.78 is 24.8. The minimum Gasteiger partial charge on any atom is -0.344 e. The molecule has 0 spiro atoms. The number of fused-ring (bicyclic) bond motifs is 1. The van der Waals surface area contributed by atoms with Gasteiger partial charge in [0.15, 0.2) is 11.0 Å². The van der Waals surface area contributed by atoms with Crippen molar-refractivity contribution >= 4 is 39.1 Å². The number of hydrogen-bond donors (Lipinski definition) is 1. The zero-order chi connectivity index (χ0) is 18.3. The van der Waals surface area contributed by atoms with Crippen molar-refractivity contribution in [3.63, 3.8) is 0 Å². The summed E-state index contributed by atoms with van der Waals surface area (Å²) in [7, 11) is -3.70. The summed E-state index contributed by atoms with van der Waals surface area (Å²) in [6.45, 7) is 0.548. The highest BCUT2D eigenvalue weighted by Crippen LogP contribution is 2.32. The first-order chi connectivity index (χ1) is 12.4. The fourth-order valence-corrected chi connectivity index (χ4v) is 4.32. The van der Waals surface area contributed by atoms with Gasteiger partial charge in [0.05, 0.1) is 17.4 Å². The van der Waals surface area contributed by atoms with E-state index in [2.05, 4.69) is 15.1 Å². The third kappa shape index (κ3) is 3.30. The highest BCUT2D eigenvalue weighted by atomic mass is 35.5. The Bertz CT molecular complexity index is 1070. The van der Waals surface area contributed by atoms with E-state index >= 15 is 0 Å². The molecule has 1 aromatic heterocycles. The van der Waals surface area contributed by atoms with Crippen molar-refractivity contribution < 1.29 is 8.42 Å². The third-order valence-corrected chi connectivity index (χ3v) is 6.16. The summed E-state index contributed by atoms with van der Waals surface area (Å²) in [5.41, 5.74) is 1.78. The fraction of sp³-hybridized carbons (Fsp3) is 0.125. The van der Waals surface area contributed by atoms with Gasteiger partial charge in [-0.25, -0.2) is 13.6 Å². The molecule has 2 aromatic carbocycles. The average Bonchev–Trinajstić information content (AvgIpc) is 3.04. The summed E-state index contributed by atoms with van der Waals surface area (Å²) in [6, 6.07) is 14.0. The number of nitrogens with two attached hydrogens (primary N) is 1. The van der Waals surface area contributed by atoms with E-state index in [-0.39, 0.29) is 4.90 Å². The van der Waals surface area contributed by atoms with E-state index in [0.717, 1.165) is 22.2 Å². The lowest BCUT2D eigenvalue weighted by Gasteiger charge is -2.29. The molecule has 3 aromatic rings. The summed E-state index contributed by atoms with van der Waals surface area (Å²) in [5, 5.41) is 15.2. The van der Waals surface area contributed by atoms with Crippen molar-refractivity contribution in [2.24, 2.45) is 5.14 Å². The monoisotopic (exact) mass is 407 g/mol. The van der Waals surface area contributed by atoms with Crippen molar-refractivity contribution in [2.75, 3.05) is 10.8 Å². The highest BCUT2D eigenvalue weighted by Gasteiger charge is 2.23. The smallest absolute Gasteiger partial charge is 0.238 e. The van der Waals surface area contributed by atoms with E-state index in [1.165, 1.54) is 12.1 Å². The van der Waals surface area contributed by atoms with Gasteiger partial charge in [0.2, 0.25) is 10.0 Å². The Hall–Kier alpha value is -2.07. The molecule has 7 nitrogen and oxygen atoms in total. The fourth-order valence-electron chi connectivity index (χ4n) is 2.71. The predicted molar refractivity (Wildman–Crippen MR) is 101 cm³/mol. The zero-order valence-electron chi connectivity index (χ0n) is 13.4. The Morgan fingerprint density at radius 2 is 1.88 bits per heavy atom. The largest absolute Gasteiger partial charge is 0.344 e. The molecule has 0 saturated heterocycles. The quantitative estimate of drug-likeness (QED) is 0.717. The van der Waals surface area contributed by atoms with Crippen molar-refractivity contribution in [1.82, 2.24) is 14.8 Å². The molecule has 1 aliphatic heterocycles. The number of sulfonamides is 1. The molecule has 0 atom stereocenters. The molecule has 0 unspecified atom stereocenters. The molecular formula is C16H14ClN5O2S2. The molecule has 0 amide bonds. The van der Waals surface area contributed by atoms with Crippen LogP contribution in [0.25, 0.3) is 11.4 Å². The molecular weight excluding hydrogens is 394 g/mol. The molecule has 2 N–H and O–H groups in total. The number of primary sulfonamides is 1. The summed E-state index contributed by atoms with van der Waals surface area (Å²) in [4.78, 5) is 2.19. The van der Waals surface area contributed by atoms with Gasteiger partial charge in [-0.2, -0.15) is 0 Å². The molecule has 10 heteroatoms. The van der Waals surface area contributed by atoms with Gasteiger partial charge >= 0.3 is 0 Å². The number of hydrogen-bond acceptors (Lipinski definition) is 6. The molecule has 2 heterocycles. The number of halogens is 1. The van der Waals surface area contributed by atoms with E-state index in [0.29, 0.717) is 17.6 Å². The van der Waals surface area contributed by atoms with E-state index < -0.39 is 10.0 Å². The maximum Gasteiger partial charge on any atom is 0.238 e. The van der Waals surface area contributed by atoms with Crippen LogP contribution in [0, 0.1) is 0 Å². The number of aromatic nitrogens is 3. The Labute approximate surface area is 159 Å². The highest BCUT2D eigenvalue weighted by molar-refractivity contribution is 7.99. The van der Waals surface area contributed by atoms with Crippen molar-refractivity contribution in [3.8, 4) is 11.4 Å². The van der Waals surface area contributed by atoms with Crippen LogP contribution in [0.4, 0.5) is 5.69 Å². The Balaban J connectivity index is 1.65. The second-order valence-corrected chi connectivity index (χ2v) is 8.65. The first-order valence-corrected chi connectivity index (χ1v) is 10.5. The first-order valence-electron chi connectivity index (χ1n) is 7.61. The van der Waals surface area contributed by atoms with Gasteiger partial charge in [-0.05, 0) is 36.4 Å². The molecule has 0 saturated carbocycles. The van der Waals surface area contributed by atoms with Crippen LogP contribution < -0.4 is 10.0 Å². The number of nitrogens with zero attached hydrogens (tertiary/aromatic N) is 4. The lowest BCUT2D eigenvalue weighted by Crippen LogP contribution is -2.30. The molecule has 26 heavy (non-hydrogen) atoms. The normalized spacial score (nSPS) is 14.3. The zero-order valence-corrected chi connectivity index (χ0v) is 15.8. The second kappa shape index (κ2) is 6.58. The SMILES string of the molecule is NS(=O)(=O)c1ccc(N2CSc3nnc(-c4cccc(Cl)c4)n3C2)cc1. The van der Waals surface area contributed by atoms with E-state index in [4.69, 9.17) is 16.7 Å². The summed E-state index contributed by atoms with van der Waals surface area (Å²) >= 11 is 7.65. The van der Waals surface area contributed by atoms with E-state index in [1.54, 1.807) is 23.9 Å². The molecule has 134 valence electrons. The molecule has 4 rings (SSSR count). The maximum absolute atomic E-state index is 11.4. The molecule has 0 radical (unpaired) electrons. The van der Waals surface area contributed by atoms with Gasteiger partial charge in [-0.1, -0.05) is 35.5 Å². The van der Waals surface area contributed by atoms with Crippen LogP contribution >= 0.6 is 23.4 Å². The van der Waals surface area contributed by atoms with Crippen LogP contribution in [0.15, 0.2) is 58.6 Å². The lowest BCUT2D eigenvalue weighted by molar-refractivity contribution is 0.597. The Kier molecular flexibility index (Phi) is 4.39. The number of benzene rings is 2. The Morgan fingerprint density at radius 1 is 1.12 bits per heavy atom. The average molecular weight is 408 g/mol. The molecule has 1 aliphatic rings. The van der Waals surface area contributed by atoms with Crippen LogP contribution in [-0.2, 0) is 16.7 Å². The second-order valence-electron chi connectivity index (χ2n) is 5.74. The van der Waals surface area contributed by atoms with Gasteiger partial charge in [-0.15, -0.1) is 10.2 Å². The van der Waals surface area contributed by atoms with Crippen molar-refractivity contribution in [1.29, 1.82) is 0 Å². The van der Waals surface area contributed by atoms with Crippen LogP contribution in [0.1, 0.15) is 0 Å². The number of anilines is 1. The van der Waals surface area contributed by atoms with E-state index in [1.807, 2.05) is 28.8 Å². The van der Waals surface area contributed by atoms with Gasteiger partial charge < -0.3 is 4.90 Å². The van der Waals surface area contributed by atoms with E-state index in [9.17, 15) is 8.42 Å².